The zero-order valence-electron chi connectivity index (χ0n) is 18.2. The smallest absolute Gasteiger partial charge is 0.0678 e. The molecule has 1 heterocycles. The summed E-state index contributed by atoms with van der Waals surface area (Å²) in [5.41, 5.74) is 2.74. The number of rotatable bonds is 5. The molecule has 0 aromatic heterocycles. The van der Waals surface area contributed by atoms with E-state index in [2.05, 4.69) is 84.3 Å². The molecule has 1 aliphatic carbocycles. The summed E-state index contributed by atoms with van der Waals surface area (Å²) in [7, 11) is 0. The average molecular weight is 451 g/mol. The molecule has 2 fully saturated rings. The first-order chi connectivity index (χ1) is 13.7. The van der Waals surface area contributed by atoms with Crippen LogP contribution >= 0.6 is 24.8 Å². The molecule has 0 radical (unpaired) electrons. The molecule has 5 heteroatoms. The summed E-state index contributed by atoms with van der Waals surface area (Å²) in [4.78, 5) is 5.33. The Morgan fingerprint density at radius 2 is 1.33 bits per heavy atom. The summed E-state index contributed by atoms with van der Waals surface area (Å²) >= 11 is 0. The van der Waals surface area contributed by atoms with Crippen molar-refractivity contribution in [3.8, 4) is 0 Å². The Labute approximate surface area is 194 Å². The average Bonchev–Trinajstić information content (AvgIpc) is 2.73. The van der Waals surface area contributed by atoms with E-state index in [1.807, 2.05) is 0 Å². The fourth-order valence-corrected chi connectivity index (χ4v) is 5.08. The standard InChI is InChI=1S/C25H34N2O.2ClH/c1-20-17-26(18-21(2)28-20)23-13-15-25(16-14-23)27(24-11-7-4-8-12-24)19-22-9-5-3-6-10-22;;/h3-12,20-21,23,25H,13-19H2,1-2H3;2*1H. The number of anilines is 1. The van der Waals surface area contributed by atoms with Crippen molar-refractivity contribution in [2.75, 3.05) is 18.0 Å². The molecule has 1 saturated heterocycles. The summed E-state index contributed by atoms with van der Waals surface area (Å²) in [6.07, 6.45) is 5.85. The summed E-state index contributed by atoms with van der Waals surface area (Å²) in [6.45, 7) is 7.60. The quantitative estimate of drug-likeness (QED) is 0.558. The van der Waals surface area contributed by atoms with Crippen molar-refractivity contribution >= 4 is 30.5 Å². The maximum absolute atomic E-state index is 5.94. The monoisotopic (exact) mass is 450 g/mol. The van der Waals surface area contributed by atoms with Gasteiger partial charge in [0.2, 0.25) is 0 Å². The van der Waals surface area contributed by atoms with E-state index >= 15 is 0 Å². The van der Waals surface area contributed by atoms with Gasteiger partial charge >= 0.3 is 0 Å². The van der Waals surface area contributed by atoms with Crippen molar-refractivity contribution in [3.63, 3.8) is 0 Å². The van der Waals surface area contributed by atoms with Crippen molar-refractivity contribution in [2.24, 2.45) is 0 Å². The molecule has 0 amide bonds. The molecule has 2 aromatic carbocycles. The predicted octanol–water partition coefficient (Wildman–Crippen LogP) is 5.96. The van der Waals surface area contributed by atoms with Gasteiger partial charge in [0.05, 0.1) is 12.2 Å². The van der Waals surface area contributed by atoms with Crippen LogP contribution in [0.3, 0.4) is 0 Å². The Bertz CT molecular complexity index is 712. The SMILES string of the molecule is CC1CN(C2CCC(N(Cc3ccccc3)c3ccccc3)CC2)CC(C)O1.Cl.Cl. The third-order valence-electron chi connectivity index (χ3n) is 6.35. The molecule has 2 unspecified atom stereocenters. The Kier molecular flexibility index (Phi) is 9.96. The molecule has 0 bridgehead atoms. The number of morpholine rings is 1. The number of benzene rings is 2. The number of nitrogens with zero attached hydrogens (tertiary/aromatic N) is 2. The van der Waals surface area contributed by atoms with Gasteiger partial charge in [-0.3, -0.25) is 4.90 Å². The minimum absolute atomic E-state index is 0. The van der Waals surface area contributed by atoms with Crippen LogP contribution in [0.5, 0.6) is 0 Å². The van der Waals surface area contributed by atoms with Gasteiger partial charge in [0.15, 0.2) is 0 Å². The Hall–Kier alpha value is -1.26. The maximum atomic E-state index is 5.94. The highest BCUT2D eigenvalue weighted by Gasteiger charge is 2.32. The van der Waals surface area contributed by atoms with E-state index in [1.165, 1.54) is 36.9 Å². The first kappa shape index (κ1) is 25.0. The second-order valence-corrected chi connectivity index (χ2v) is 8.62. The molecule has 0 spiro atoms. The van der Waals surface area contributed by atoms with E-state index in [1.54, 1.807) is 0 Å². The van der Waals surface area contributed by atoms with Crippen molar-refractivity contribution in [1.82, 2.24) is 4.90 Å². The molecule has 2 atom stereocenters. The fourth-order valence-electron chi connectivity index (χ4n) is 5.08. The van der Waals surface area contributed by atoms with Crippen molar-refractivity contribution in [3.05, 3.63) is 66.2 Å². The predicted molar refractivity (Wildman–Crippen MR) is 131 cm³/mol. The van der Waals surface area contributed by atoms with Gasteiger partial charge in [0, 0.05) is 37.4 Å². The third kappa shape index (κ3) is 6.37. The number of hydrogen-bond donors (Lipinski definition) is 0. The van der Waals surface area contributed by atoms with Crippen LogP contribution in [-0.2, 0) is 11.3 Å². The lowest BCUT2D eigenvalue weighted by Crippen LogP contribution is -2.52. The van der Waals surface area contributed by atoms with Gasteiger partial charge in [-0.05, 0) is 57.2 Å². The van der Waals surface area contributed by atoms with Gasteiger partial charge in [-0.25, -0.2) is 0 Å². The Morgan fingerprint density at radius 1 is 0.800 bits per heavy atom. The van der Waals surface area contributed by atoms with E-state index in [4.69, 9.17) is 4.74 Å². The van der Waals surface area contributed by atoms with Gasteiger partial charge < -0.3 is 9.64 Å². The van der Waals surface area contributed by atoms with Crippen LogP contribution in [0.2, 0.25) is 0 Å². The van der Waals surface area contributed by atoms with Crippen LogP contribution in [0.4, 0.5) is 5.69 Å². The number of halogens is 2. The van der Waals surface area contributed by atoms with Crippen LogP contribution < -0.4 is 4.90 Å². The maximum Gasteiger partial charge on any atom is 0.0678 e. The van der Waals surface area contributed by atoms with E-state index in [0.29, 0.717) is 18.2 Å². The van der Waals surface area contributed by atoms with Crippen molar-refractivity contribution < 1.29 is 4.74 Å². The van der Waals surface area contributed by atoms with Crippen LogP contribution in [0.1, 0.15) is 45.1 Å². The molecule has 0 N–H and O–H groups in total. The second kappa shape index (κ2) is 12.0. The number of hydrogen-bond acceptors (Lipinski definition) is 3. The van der Waals surface area contributed by atoms with Gasteiger partial charge in [-0.15, -0.1) is 24.8 Å². The van der Waals surface area contributed by atoms with E-state index in [9.17, 15) is 0 Å². The molecule has 30 heavy (non-hydrogen) atoms. The summed E-state index contributed by atoms with van der Waals surface area (Å²) in [5, 5.41) is 0. The van der Waals surface area contributed by atoms with Crippen LogP contribution in [0.25, 0.3) is 0 Å². The molecule has 1 saturated carbocycles. The molecule has 1 aliphatic heterocycles. The van der Waals surface area contributed by atoms with Crippen LogP contribution in [-0.4, -0.2) is 42.3 Å². The van der Waals surface area contributed by atoms with Gasteiger partial charge in [-0.2, -0.15) is 0 Å². The van der Waals surface area contributed by atoms with Gasteiger partial charge in [-0.1, -0.05) is 48.5 Å². The molecule has 166 valence electrons. The summed E-state index contributed by atoms with van der Waals surface area (Å²) in [5.74, 6) is 0. The van der Waals surface area contributed by atoms with Crippen molar-refractivity contribution in [2.45, 2.75) is 70.4 Å². The zero-order valence-corrected chi connectivity index (χ0v) is 19.8. The normalized spacial score (nSPS) is 26.9. The second-order valence-electron chi connectivity index (χ2n) is 8.62. The van der Waals surface area contributed by atoms with Crippen molar-refractivity contribution in [1.29, 1.82) is 0 Å². The molecule has 4 rings (SSSR count). The number of para-hydroxylation sites is 1. The summed E-state index contributed by atoms with van der Waals surface area (Å²) < 4.78 is 5.94. The largest absolute Gasteiger partial charge is 0.373 e. The molecular formula is C25H36Cl2N2O. The minimum Gasteiger partial charge on any atom is -0.373 e. The van der Waals surface area contributed by atoms with Crippen LogP contribution in [0, 0.1) is 0 Å². The Morgan fingerprint density at radius 3 is 1.90 bits per heavy atom. The van der Waals surface area contributed by atoms with E-state index in [-0.39, 0.29) is 24.8 Å². The zero-order chi connectivity index (χ0) is 19.3. The first-order valence-corrected chi connectivity index (χ1v) is 10.9. The lowest BCUT2D eigenvalue weighted by atomic mass is 9.88. The topological polar surface area (TPSA) is 15.7 Å². The highest BCUT2D eigenvalue weighted by molar-refractivity contribution is 5.85. The van der Waals surface area contributed by atoms with E-state index < -0.39 is 0 Å². The molecule has 2 aliphatic rings. The van der Waals surface area contributed by atoms with Gasteiger partial charge in [0.25, 0.3) is 0 Å². The summed E-state index contributed by atoms with van der Waals surface area (Å²) in [6, 6.07) is 23.2. The fraction of sp³-hybridized carbons (Fsp3) is 0.520. The van der Waals surface area contributed by atoms with E-state index in [0.717, 1.165) is 25.7 Å². The lowest BCUT2D eigenvalue weighted by molar-refractivity contribution is -0.0844. The molecular weight excluding hydrogens is 415 g/mol. The molecule has 2 aromatic rings. The number of ether oxygens (including phenoxy) is 1. The Balaban J connectivity index is 0.00000160. The highest BCUT2D eigenvalue weighted by Crippen LogP contribution is 2.32. The third-order valence-corrected chi connectivity index (χ3v) is 6.35. The van der Waals surface area contributed by atoms with Crippen LogP contribution in [0.15, 0.2) is 60.7 Å². The van der Waals surface area contributed by atoms with Gasteiger partial charge in [0.1, 0.15) is 0 Å². The molecule has 3 nitrogen and oxygen atoms in total. The lowest BCUT2D eigenvalue weighted by Gasteiger charge is -2.45. The highest BCUT2D eigenvalue weighted by atomic mass is 35.5. The minimum atomic E-state index is 0. The first-order valence-electron chi connectivity index (χ1n) is 10.9.